The van der Waals surface area contributed by atoms with Crippen LogP contribution in [0.15, 0.2) is 24.3 Å². The summed E-state index contributed by atoms with van der Waals surface area (Å²) in [6.07, 6.45) is 4.08. The van der Waals surface area contributed by atoms with Crippen molar-refractivity contribution in [1.29, 1.82) is 0 Å². The maximum absolute atomic E-state index is 12.9. The van der Waals surface area contributed by atoms with Crippen LogP contribution < -0.4 is 15.8 Å². The first-order valence-electron chi connectivity index (χ1n) is 9.65. The van der Waals surface area contributed by atoms with Gasteiger partial charge < -0.3 is 25.4 Å². The Morgan fingerprint density at radius 3 is 2.64 bits per heavy atom. The fraction of sp³-hybridized carbons (Fsp3) is 0.600. The number of piperidine rings is 1. The van der Waals surface area contributed by atoms with Gasteiger partial charge >= 0.3 is 0 Å². The summed E-state index contributed by atoms with van der Waals surface area (Å²) in [7, 11) is 1.66. The molecule has 2 amide bonds. The molecule has 8 heteroatoms. The molecule has 2 rings (SSSR count). The highest BCUT2D eigenvalue weighted by Crippen LogP contribution is 2.21. The molecule has 1 aliphatic rings. The van der Waals surface area contributed by atoms with Crippen molar-refractivity contribution in [3.05, 3.63) is 29.8 Å². The van der Waals surface area contributed by atoms with Crippen LogP contribution in [-0.4, -0.2) is 62.7 Å². The third kappa shape index (κ3) is 7.66. The number of hydrogen-bond acceptors (Lipinski definition) is 5. The number of amides is 2. The lowest BCUT2D eigenvalue weighted by Gasteiger charge is -2.36. The Balaban J connectivity index is 0.00000392. The van der Waals surface area contributed by atoms with Crippen LogP contribution in [0.2, 0.25) is 0 Å². The van der Waals surface area contributed by atoms with E-state index in [0.29, 0.717) is 44.8 Å². The highest BCUT2D eigenvalue weighted by molar-refractivity contribution is 5.94. The van der Waals surface area contributed by atoms with E-state index in [0.717, 1.165) is 31.4 Å². The number of likely N-dealkylation sites (tertiary alicyclic amines) is 1. The van der Waals surface area contributed by atoms with Gasteiger partial charge in [0.05, 0.1) is 6.61 Å². The molecule has 1 atom stereocenters. The highest BCUT2D eigenvalue weighted by atomic mass is 35.5. The molecule has 3 N–H and O–H groups in total. The van der Waals surface area contributed by atoms with Crippen LogP contribution >= 0.6 is 12.4 Å². The number of hydrogen-bond donors (Lipinski definition) is 2. The van der Waals surface area contributed by atoms with E-state index in [1.165, 1.54) is 0 Å². The predicted molar refractivity (Wildman–Crippen MR) is 111 cm³/mol. The average Bonchev–Trinajstić information content (AvgIpc) is 2.70. The van der Waals surface area contributed by atoms with Crippen molar-refractivity contribution in [2.45, 2.75) is 38.1 Å². The Kier molecular flexibility index (Phi) is 11.6. The molecule has 0 saturated carbocycles. The SMILES string of the molecule is COCCCOc1ccc(C(=O)N2CCCCC2CNC(=O)CCN)cc1.Cl. The molecule has 1 unspecified atom stereocenters. The number of rotatable bonds is 10. The van der Waals surface area contributed by atoms with Gasteiger partial charge in [-0.1, -0.05) is 0 Å². The fourth-order valence-corrected chi connectivity index (χ4v) is 3.18. The first-order valence-corrected chi connectivity index (χ1v) is 9.65. The van der Waals surface area contributed by atoms with Gasteiger partial charge in [-0.2, -0.15) is 0 Å². The van der Waals surface area contributed by atoms with Crippen molar-refractivity contribution in [3.8, 4) is 5.75 Å². The van der Waals surface area contributed by atoms with Crippen LogP contribution in [0.4, 0.5) is 0 Å². The minimum absolute atomic E-state index is 0. The second-order valence-corrected chi connectivity index (χ2v) is 6.71. The average molecular weight is 414 g/mol. The summed E-state index contributed by atoms with van der Waals surface area (Å²) < 4.78 is 10.6. The zero-order valence-corrected chi connectivity index (χ0v) is 17.3. The summed E-state index contributed by atoms with van der Waals surface area (Å²) >= 11 is 0. The lowest BCUT2D eigenvalue weighted by atomic mass is 10.0. The number of carbonyl (C=O) groups is 2. The third-order valence-corrected chi connectivity index (χ3v) is 4.66. The Morgan fingerprint density at radius 2 is 1.96 bits per heavy atom. The summed E-state index contributed by atoms with van der Waals surface area (Å²) in [6.45, 7) is 2.77. The predicted octanol–water partition coefficient (Wildman–Crippen LogP) is 1.98. The van der Waals surface area contributed by atoms with Gasteiger partial charge in [-0.15, -0.1) is 12.4 Å². The van der Waals surface area contributed by atoms with Gasteiger partial charge in [0, 0.05) is 57.8 Å². The fourth-order valence-electron chi connectivity index (χ4n) is 3.18. The van der Waals surface area contributed by atoms with E-state index in [-0.39, 0.29) is 30.3 Å². The Labute approximate surface area is 173 Å². The van der Waals surface area contributed by atoms with Crippen LogP contribution in [0.1, 0.15) is 42.5 Å². The lowest BCUT2D eigenvalue weighted by Crippen LogP contribution is -2.49. The van der Waals surface area contributed by atoms with Gasteiger partial charge in [0.1, 0.15) is 5.75 Å². The second-order valence-electron chi connectivity index (χ2n) is 6.71. The summed E-state index contributed by atoms with van der Waals surface area (Å²) in [5, 5.41) is 2.89. The Morgan fingerprint density at radius 1 is 1.21 bits per heavy atom. The van der Waals surface area contributed by atoms with E-state index in [1.54, 1.807) is 19.2 Å². The number of carbonyl (C=O) groups excluding carboxylic acids is 2. The molecule has 7 nitrogen and oxygen atoms in total. The minimum Gasteiger partial charge on any atom is -0.494 e. The zero-order chi connectivity index (χ0) is 19.5. The van der Waals surface area contributed by atoms with Crippen molar-refractivity contribution in [1.82, 2.24) is 10.2 Å². The van der Waals surface area contributed by atoms with Crippen LogP contribution in [-0.2, 0) is 9.53 Å². The molecular weight excluding hydrogens is 382 g/mol. The van der Waals surface area contributed by atoms with Crippen molar-refractivity contribution in [3.63, 3.8) is 0 Å². The molecule has 0 bridgehead atoms. The summed E-state index contributed by atoms with van der Waals surface area (Å²) in [6, 6.07) is 7.27. The van der Waals surface area contributed by atoms with Crippen LogP contribution in [0, 0.1) is 0 Å². The van der Waals surface area contributed by atoms with E-state index >= 15 is 0 Å². The largest absolute Gasteiger partial charge is 0.494 e. The molecule has 0 radical (unpaired) electrons. The summed E-state index contributed by atoms with van der Waals surface area (Å²) in [5.74, 6) is 0.677. The molecule has 0 spiro atoms. The van der Waals surface area contributed by atoms with Gasteiger partial charge in [0.15, 0.2) is 0 Å². The standard InChI is InChI=1S/C20H31N3O4.ClH/c1-26-13-4-14-27-18-8-6-16(7-9-18)20(25)23-12-3-2-5-17(23)15-22-19(24)10-11-21;/h6-9,17H,2-5,10-15,21H2,1H3,(H,22,24);1H. The van der Waals surface area contributed by atoms with E-state index in [4.69, 9.17) is 15.2 Å². The monoisotopic (exact) mass is 413 g/mol. The van der Waals surface area contributed by atoms with Gasteiger partial charge in [-0.25, -0.2) is 0 Å². The number of methoxy groups -OCH3 is 1. The minimum atomic E-state index is -0.0644. The zero-order valence-electron chi connectivity index (χ0n) is 16.5. The molecule has 0 aliphatic carbocycles. The maximum atomic E-state index is 12.9. The number of nitrogens with zero attached hydrogens (tertiary/aromatic N) is 1. The van der Waals surface area contributed by atoms with Crippen LogP contribution in [0.5, 0.6) is 5.75 Å². The molecule has 1 aromatic carbocycles. The highest BCUT2D eigenvalue weighted by Gasteiger charge is 2.27. The van der Waals surface area contributed by atoms with Gasteiger partial charge in [-0.3, -0.25) is 9.59 Å². The first kappa shape index (κ1) is 24.2. The molecule has 0 aromatic heterocycles. The van der Waals surface area contributed by atoms with Crippen LogP contribution in [0.3, 0.4) is 0 Å². The smallest absolute Gasteiger partial charge is 0.254 e. The van der Waals surface area contributed by atoms with Crippen molar-refractivity contribution in [2.75, 3.05) is 40.0 Å². The quantitative estimate of drug-likeness (QED) is 0.572. The van der Waals surface area contributed by atoms with Gasteiger partial charge in [0.2, 0.25) is 5.91 Å². The molecule has 1 aromatic rings. The Bertz CT molecular complexity index is 598. The molecule has 1 aliphatic heterocycles. The molecule has 28 heavy (non-hydrogen) atoms. The molecular formula is C20H32ClN3O4. The maximum Gasteiger partial charge on any atom is 0.254 e. The second kappa shape index (κ2) is 13.4. The van der Waals surface area contributed by atoms with Crippen molar-refractivity contribution < 1.29 is 19.1 Å². The molecule has 158 valence electrons. The van der Waals surface area contributed by atoms with E-state index in [9.17, 15) is 9.59 Å². The third-order valence-electron chi connectivity index (χ3n) is 4.66. The molecule has 1 fully saturated rings. The van der Waals surface area contributed by atoms with E-state index in [1.807, 2.05) is 17.0 Å². The number of nitrogens with one attached hydrogen (secondary N) is 1. The first-order chi connectivity index (χ1) is 13.2. The molecule has 1 saturated heterocycles. The van der Waals surface area contributed by atoms with E-state index in [2.05, 4.69) is 5.32 Å². The number of ether oxygens (including phenoxy) is 2. The number of benzene rings is 1. The number of nitrogens with two attached hydrogens (primary N) is 1. The van der Waals surface area contributed by atoms with Crippen molar-refractivity contribution >= 4 is 24.2 Å². The van der Waals surface area contributed by atoms with E-state index < -0.39 is 0 Å². The van der Waals surface area contributed by atoms with Gasteiger partial charge in [0.25, 0.3) is 5.91 Å². The van der Waals surface area contributed by atoms with Crippen molar-refractivity contribution in [2.24, 2.45) is 5.73 Å². The summed E-state index contributed by atoms with van der Waals surface area (Å²) in [5.41, 5.74) is 6.04. The van der Waals surface area contributed by atoms with Crippen LogP contribution in [0.25, 0.3) is 0 Å². The molecule has 1 heterocycles. The topological polar surface area (TPSA) is 93.9 Å². The number of halogens is 1. The normalized spacial score (nSPS) is 16.2. The summed E-state index contributed by atoms with van der Waals surface area (Å²) in [4.78, 5) is 26.5. The lowest BCUT2D eigenvalue weighted by molar-refractivity contribution is -0.121. The van der Waals surface area contributed by atoms with Gasteiger partial charge in [-0.05, 0) is 43.5 Å². The Hall–Kier alpha value is -1.83.